The van der Waals surface area contributed by atoms with Crippen LogP contribution in [0.15, 0.2) is 24.7 Å². The van der Waals surface area contributed by atoms with Crippen LogP contribution in [0.2, 0.25) is 5.15 Å². The molecule has 1 fully saturated rings. The van der Waals surface area contributed by atoms with Gasteiger partial charge in [-0.2, -0.15) is 0 Å². The number of ether oxygens (including phenoxy) is 1. The van der Waals surface area contributed by atoms with Gasteiger partial charge < -0.3 is 15.4 Å². The molecule has 2 N–H and O–H groups in total. The van der Waals surface area contributed by atoms with Crippen LogP contribution in [-0.2, 0) is 6.54 Å². The molecule has 0 saturated heterocycles. The van der Waals surface area contributed by atoms with E-state index in [0.29, 0.717) is 29.1 Å². The largest absolute Gasteiger partial charge is 0.477 e. The molecular weight excluding hydrogens is 302 g/mol. The standard InChI is InChI=1S/C15H18ClN5O/c1-17-13-14(16)20-9-21-15(13)19-7-11-4-5-12(18-6-11)22-8-10-2-3-10/h4-6,9-10,17H,2-3,7-8H2,1H3,(H,19,20,21). The third-order valence-electron chi connectivity index (χ3n) is 3.47. The molecule has 0 atom stereocenters. The first-order valence-corrected chi connectivity index (χ1v) is 7.64. The molecule has 2 aromatic rings. The highest BCUT2D eigenvalue weighted by Crippen LogP contribution is 2.29. The zero-order valence-electron chi connectivity index (χ0n) is 12.3. The van der Waals surface area contributed by atoms with Gasteiger partial charge in [0.2, 0.25) is 5.88 Å². The molecular formula is C15H18ClN5O. The molecule has 116 valence electrons. The minimum absolute atomic E-state index is 0.391. The van der Waals surface area contributed by atoms with Crippen LogP contribution in [0.4, 0.5) is 11.5 Å². The Morgan fingerprint density at radius 1 is 1.27 bits per heavy atom. The first-order chi connectivity index (χ1) is 10.8. The zero-order chi connectivity index (χ0) is 15.4. The van der Waals surface area contributed by atoms with Crippen LogP contribution in [0, 0.1) is 5.92 Å². The van der Waals surface area contributed by atoms with Crippen molar-refractivity contribution in [2.45, 2.75) is 19.4 Å². The van der Waals surface area contributed by atoms with Crippen molar-refractivity contribution in [1.29, 1.82) is 0 Å². The molecule has 6 nitrogen and oxygen atoms in total. The molecule has 1 saturated carbocycles. The summed E-state index contributed by atoms with van der Waals surface area (Å²) >= 11 is 6.01. The Morgan fingerprint density at radius 3 is 2.82 bits per heavy atom. The Balaban J connectivity index is 1.57. The lowest BCUT2D eigenvalue weighted by molar-refractivity contribution is 0.288. The maximum absolute atomic E-state index is 6.01. The maximum atomic E-state index is 6.01. The van der Waals surface area contributed by atoms with Crippen molar-refractivity contribution in [3.8, 4) is 5.88 Å². The van der Waals surface area contributed by atoms with Crippen LogP contribution in [0.1, 0.15) is 18.4 Å². The number of pyridine rings is 1. The lowest BCUT2D eigenvalue weighted by Crippen LogP contribution is -2.06. The van der Waals surface area contributed by atoms with Gasteiger partial charge >= 0.3 is 0 Å². The Bertz CT molecular complexity index is 630. The average molecular weight is 320 g/mol. The second-order valence-corrected chi connectivity index (χ2v) is 5.61. The van der Waals surface area contributed by atoms with Gasteiger partial charge in [-0.15, -0.1) is 0 Å². The summed E-state index contributed by atoms with van der Waals surface area (Å²) in [4.78, 5) is 12.4. The fraction of sp³-hybridized carbons (Fsp3) is 0.400. The minimum atomic E-state index is 0.391. The van der Waals surface area contributed by atoms with Gasteiger partial charge in [0.1, 0.15) is 12.0 Å². The van der Waals surface area contributed by atoms with E-state index in [2.05, 4.69) is 25.6 Å². The average Bonchev–Trinajstić information content (AvgIpc) is 3.36. The van der Waals surface area contributed by atoms with E-state index in [9.17, 15) is 0 Å². The molecule has 1 aliphatic carbocycles. The Morgan fingerprint density at radius 2 is 2.14 bits per heavy atom. The van der Waals surface area contributed by atoms with Gasteiger partial charge in [-0.05, 0) is 24.3 Å². The molecule has 7 heteroatoms. The van der Waals surface area contributed by atoms with Crippen molar-refractivity contribution >= 4 is 23.1 Å². The van der Waals surface area contributed by atoms with Gasteiger partial charge in [-0.25, -0.2) is 15.0 Å². The summed E-state index contributed by atoms with van der Waals surface area (Å²) in [5, 5.41) is 6.60. The van der Waals surface area contributed by atoms with Crippen molar-refractivity contribution in [3.05, 3.63) is 35.4 Å². The fourth-order valence-electron chi connectivity index (χ4n) is 1.99. The normalized spacial score (nSPS) is 13.7. The van der Waals surface area contributed by atoms with Gasteiger partial charge in [0.25, 0.3) is 0 Å². The van der Waals surface area contributed by atoms with Gasteiger partial charge in [-0.1, -0.05) is 17.7 Å². The first-order valence-electron chi connectivity index (χ1n) is 7.26. The summed E-state index contributed by atoms with van der Waals surface area (Å²) in [6, 6.07) is 3.88. The summed E-state index contributed by atoms with van der Waals surface area (Å²) in [7, 11) is 1.78. The molecule has 0 amide bonds. The highest BCUT2D eigenvalue weighted by atomic mass is 35.5. The predicted octanol–water partition coefficient (Wildman–Crippen LogP) is 2.97. The van der Waals surface area contributed by atoms with E-state index in [4.69, 9.17) is 16.3 Å². The van der Waals surface area contributed by atoms with E-state index in [0.717, 1.165) is 18.1 Å². The fourth-order valence-corrected chi connectivity index (χ4v) is 2.22. The molecule has 0 aliphatic heterocycles. The molecule has 0 unspecified atom stereocenters. The monoisotopic (exact) mass is 319 g/mol. The third kappa shape index (κ3) is 3.76. The summed E-state index contributed by atoms with van der Waals surface area (Å²) in [5.74, 6) is 2.07. The Kier molecular flexibility index (Phi) is 4.58. The van der Waals surface area contributed by atoms with E-state index in [1.165, 1.54) is 19.2 Å². The van der Waals surface area contributed by atoms with Crippen LogP contribution >= 0.6 is 11.6 Å². The Labute approximate surface area is 134 Å². The molecule has 3 rings (SSSR count). The number of nitrogens with zero attached hydrogens (tertiary/aromatic N) is 3. The van der Waals surface area contributed by atoms with Crippen molar-refractivity contribution in [1.82, 2.24) is 15.0 Å². The molecule has 0 spiro atoms. The van der Waals surface area contributed by atoms with Crippen molar-refractivity contribution in [2.24, 2.45) is 5.92 Å². The van der Waals surface area contributed by atoms with Gasteiger partial charge in [-0.3, -0.25) is 0 Å². The van der Waals surface area contributed by atoms with E-state index in [-0.39, 0.29) is 0 Å². The number of halogens is 1. The van der Waals surface area contributed by atoms with Crippen LogP contribution in [0.3, 0.4) is 0 Å². The molecule has 22 heavy (non-hydrogen) atoms. The second kappa shape index (κ2) is 6.79. The second-order valence-electron chi connectivity index (χ2n) is 5.25. The number of hydrogen-bond donors (Lipinski definition) is 2. The SMILES string of the molecule is CNc1c(Cl)ncnc1NCc1ccc(OCC2CC2)nc1. The number of rotatable bonds is 7. The number of anilines is 2. The van der Waals surface area contributed by atoms with Gasteiger partial charge in [0, 0.05) is 25.9 Å². The van der Waals surface area contributed by atoms with E-state index >= 15 is 0 Å². The van der Waals surface area contributed by atoms with Crippen LogP contribution < -0.4 is 15.4 Å². The molecule has 2 heterocycles. The van der Waals surface area contributed by atoms with Crippen LogP contribution in [0.25, 0.3) is 0 Å². The van der Waals surface area contributed by atoms with Crippen LogP contribution in [0.5, 0.6) is 5.88 Å². The summed E-state index contributed by atoms with van der Waals surface area (Å²) in [6.45, 7) is 1.37. The van der Waals surface area contributed by atoms with E-state index in [1.807, 2.05) is 12.1 Å². The number of aromatic nitrogens is 3. The number of hydrogen-bond acceptors (Lipinski definition) is 6. The quantitative estimate of drug-likeness (QED) is 0.764. The lowest BCUT2D eigenvalue weighted by Gasteiger charge is -2.11. The predicted molar refractivity (Wildman–Crippen MR) is 86.4 cm³/mol. The van der Waals surface area contributed by atoms with Gasteiger partial charge in [0.05, 0.1) is 6.61 Å². The van der Waals surface area contributed by atoms with E-state index in [1.54, 1.807) is 13.2 Å². The summed E-state index contributed by atoms with van der Waals surface area (Å²) in [6.07, 6.45) is 5.78. The lowest BCUT2D eigenvalue weighted by atomic mass is 10.3. The topological polar surface area (TPSA) is 72.0 Å². The zero-order valence-corrected chi connectivity index (χ0v) is 13.1. The smallest absolute Gasteiger partial charge is 0.213 e. The molecule has 0 radical (unpaired) electrons. The van der Waals surface area contributed by atoms with Crippen LogP contribution in [-0.4, -0.2) is 28.6 Å². The van der Waals surface area contributed by atoms with Crippen molar-refractivity contribution < 1.29 is 4.74 Å². The third-order valence-corrected chi connectivity index (χ3v) is 3.76. The Hall–Kier alpha value is -2.08. The molecule has 0 aromatic carbocycles. The molecule has 0 bridgehead atoms. The maximum Gasteiger partial charge on any atom is 0.213 e. The van der Waals surface area contributed by atoms with Gasteiger partial charge in [0.15, 0.2) is 11.0 Å². The minimum Gasteiger partial charge on any atom is -0.477 e. The highest BCUT2D eigenvalue weighted by Gasteiger charge is 2.22. The number of nitrogens with one attached hydrogen (secondary N) is 2. The first kappa shape index (κ1) is 14.8. The molecule has 2 aromatic heterocycles. The molecule has 1 aliphatic rings. The summed E-state index contributed by atoms with van der Waals surface area (Å²) in [5.41, 5.74) is 1.72. The van der Waals surface area contributed by atoms with Crippen molar-refractivity contribution in [3.63, 3.8) is 0 Å². The van der Waals surface area contributed by atoms with Crippen molar-refractivity contribution in [2.75, 3.05) is 24.3 Å². The van der Waals surface area contributed by atoms with E-state index < -0.39 is 0 Å². The summed E-state index contributed by atoms with van der Waals surface area (Å²) < 4.78 is 5.62. The highest BCUT2D eigenvalue weighted by molar-refractivity contribution is 6.32.